The van der Waals surface area contributed by atoms with Crippen molar-refractivity contribution in [2.75, 3.05) is 19.6 Å². The highest BCUT2D eigenvalue weighted by atomic mass is 16.6. The second-order valence-corrected chi connectivity index (χ2v) is 7.08. The van der Waals surface area contributed by atoms with Crippen LogP contribution in [0.2, 0.25) is 0 Å². The molecule has 1 rings (SSSR count). The lowest BCUT2D eigenvalue weighted by Gasteiger charge is -2.41. The summed E-state index contributed by atoms with van der Waals surface area (Å²) >= 11 is 0. The normalized spacial score (nSPS) is 21.4. The van der Waals surface area contributed by atoms with Crippen molar-refractivity contribution in [2.24, 2.45) is 11.7 Å². The van der Waals surface area contributed by atoms with Gasteiger partial charge < -0.3 is 20.3 Å². The first-order chi connectivity index (χ1) is 9.53. The molecule has 0 spiro atoms. The summed E-state index contributed by atoms with van der Waals surface area (Å²) in [5.74, 6) is 0.0670. The quantitative estimate of drug-likeness (QED) is 0.837. The summed E-state index contributed by atoms with van der Waals surface area (Å²) in [7, 11) is 0. The molecule has 0 saturated carbocycles. The van der Waals surface area contributed by atoms with Crippen LogP contribution in [0.15, 0.2) is 0 Å². The number of rotatable bonds is 2. The molecule has 21 heavy (non-hydrogen) atoms. The van der Waals surface area contributed by atoms with E-state index in [1.807, 2.05) is 41.5 Å². The van der Waals surface area contributed by atoms with E-state index in [1.54, 1.807) is 9.80 Å². The molecular formula is C15H29N3O3. The van der Waals surface area contributed by atoms with Crippen LogP contribution in [0.5, 0.6) is 0 Å². The molecule has 1 aliphatic heterocycles. The highest BCUT2D eigenvalue weighted by Gasteiger charge is 2.34. The average Bonchev–Trinajstić information content (AvgIpc) is 2.34. The maximum absolute atomic E-state index is 12.3. The van der Waals surface area contributed by atoms with Gasteiger partial charge in [0.2, 0.25) is 5.91 Å². The fraction of sp³-hybridized carbons (Fsp3) is 0.867. The van der Waals surface area contributed by atoms with Crippen LogP contribution in [0.3, 0.4) is 0 Å². The first-order valence-corrected chi connectivity index (χ1v) is 7.57. The number of piperazine rings is 1. The molecule has 0 bridgehead atoms. The van der Waals surface area contributed by atoms with Crippen LogP contribution in [-0.4, -0.2) is 59.1 Å². The molecule has 0 aliphatic carbocycles. The Morgan fingerprint density at radius 1 is 1.24 bits per heavy atom. The summed E-state index contributed by atoms with van der Waals surface area (Å²) in [6.07, 6.45) is -0.324. The minimum absolute atomic E-state index is 0.0410. The average molecular weight is 299 g/mol. The van der Waals surface area contributed by atoms with Gasteiger partial charge in [0.05, 0.1) is 6.04 Å². The zero-order chi connectivity index (χ0) is 16.4. The van der Waals surface area contributed by atoms with Crippen molar-refractivity contribution in [2.45, 2.75) is 59.2 Å². The van der Waals surface area contributed by atoms with Crippen LogP contribution in [0.4, 0.5) is 4.79 Å². The summed E-state index contributed by atoms with van der Waals surface area (Å²) in [4.78, 5) is 27.8. The van der Waals surface area contributed by atoms with Crippen LogP contribution in [-0.2, 0) is 9.53 Å². The second-order valence-electron chi connectivity index (χ2n) is 7.08. The van der Waals surface area contributed by atoms with Crippen molar-refractivity contribution >= 4 is 12.0 Å². The predicted molar refractivity (Wildman–Crippen MR) is 81.8 cm³/mol. The summed E-state index contributed by atoms with van der Waals surface area (Å²) in [5, 5.41) is 0. The van der Waals surface area contributed by atoms with Gasteiger partial charge in [0.15, 0.2) is 0 Å². The Morgan fingerprint density at radius 2 is 1.81 bits per heavy atom. The first-order valence-electron chi connectivity index (χ1n) is 7.57. The summed E-state index contributed by atoms with van der Waals surface area (Å²) in [6.45, 7) is 12.8. The van der Waals surface area contributed by atoms with Gasteiger partial charge in [0, 0.05) is 25.7 Å². The fourth-order valence-electron chi connectivity index (χ4n) is 2.25. The Hall–Kier alpha value is -1.30. The van der Waals surface area contributed by atoms with Crippen molar-refractivity contribution in [3.63, 3.8) is 0 Å². The monoisotopic (exact) mass is 299 g/mol. The fourth-order valence-corrected chi connectivity index (χ4v) is 2.25. The van der Waals surface area contributed by atoms with E-state index < -0.39 is 11.6 Å². The van der Waals surface area contributed by atoms with Crippen LogP contribution >= 0.6 is 0 Å². The summed E-state index contributed by atoms with van der Waals surface area (Å²) < 4.78 is 5.39. The molecule has 0 unspecified atom stereocenters. The second kappa shape index (κ2) is 6.64. The molecular weight excluding hydrogens is 270 g/mol. The van der Waals surface area contributed by atoms with Crippen LogP contribution < -0.4 is 5.73 Å². The van der Waals surface area contributed by atoms with Crippen molar-refractivity contribution in [3.05, 3.63) is 0 Å². The van der Waals surface area contributed by atoms with Gasteiger partial charge in [-0.2, -0.15) is 0 Å². The Bertz CT molecular complexity index is 390. The molecule has 6 nitrogen and oxygen atoms in total. The lowest BCUT2D eigenvalue weighted by Crippen LogP contribution is -2.59. The molecule has 2 atom stereocenters. The number of nitrogens with two attached hydrogens (primary N) is 1. The zero-order valence-corrected chi connectivity index (χ0v) is 14.0. The van der Waals surface area contributed by atoms with E-state index in [4.69, 9.17) is 10.5 Å². The molecule has 2 N–H and O–H groups in total. The number of ether oxygens (including phenoxy) is 1. The van der Waals surface area contributed by atoms with E-state index in [9.17, 15) is 9.59 Å². The maximum atomic E-state index is 12.3. The number of hydrogen-bond acceptors (Lipinski definition) is 4. The third kappa shape index (κ3) is 4.88. The van der Waals surface area contributed by atoms with Gasteiger partial charge in [-0.05, 0) is 33.6 Å². The number of carbonyl (C=O) groups excluding carboxylic acids is 2. The molecule has 2 amide bonds. The number of amides is 2. The highest BCUT2D eigenvalue weighted by molar-refractivity contribution is 5.82. The van der Waals surface area contributed by atoms with E-state index in [1.165, 1.54) is 0 Å². The third-order valence-electron chi connectivity index (χ3n) is 3.57. The number of carbonyl (C=O) groups is 2. The predicted octanol–water partition coefficient (Wildman–Crippen LogP) is 1.44. The van der Waals surface area contributed by atoms with Gasteiger partial charge in [-0.25, -0.2) is 4.79 Å². The Labute approximate surface area is 127 Å². The molecule has 0 aromatic rings. The van der Waals surface area contributed by atoms with E-state index in [-0.39, 0.29) is 24.0 Å². The van der Waals surface area contributed by atoms with Gasteiger partial charge in [-0.15, -0.1) is 0 Å². The summed E-state index contributed by atoms with van der Waals surface area (Å²) in [5.41, 5.74) is 5.41. The molecule has 1 fully saturated rings. The van der Waals surface area contributed by atoms with E-state index in [0.29, 0.717) is 19.6 Å². The van der Waals surface area contributed by atoms with E-state index >= 15 is 0 Å². The lowest BCUT2D eigenvalue weighted by molar-refractivity contribution is -0.136. The van der Waals surface area contributed by atoms with Crippen molar-refractivity contribution in [1.29, 1.82) is 0 Å². The van der Waals surface area contributed by atoms with Crippen molar-refractivity contribution in [1.82, 2.24) is 9.80 Å². The van der Waals surface area contributed by atoms with Crippen LogP contribution in [0.25, 0.3) is 0 Å². The Balaban J connectivity index is 2.62. The van der Waals surface area contributed by atoms with Crippen LogP contribution in [0.1, 0.15) is 41.5 Å². The minimum Gasteiger partial charge on any atom is -0.444 e. The number of nitrogens with zero attached hydrogens (tertiary/aromatic N) is 2. The summed E-state index contributed by atoms with van der Waals surface area (Å²) in [6, 6.07) is -0.554. The number of hydrogen-bond donors (Lipinski definition) is 1. The first kappa shape index (κ1) is 17.8. The molecule has 0 aromatic heterocycles. The molecule has 6 heteroatoms. The lowest BCUT2D eigenvalue weighted by atomic mass is 10.0. The zero-order valence-electron chi connectivity index (χ0n) is 14.0. The SMILES string of the molecule is CC(C)[C@H](N)C(=O)N1CCN(C(=O)OC(C)(C)C)[C@@H](C)C1. The van der Waals surface area contributed by atoms with E-state index in [0.717, 1.165) is 0 Å². The molecule has 1 aliphatic rings. The van der Waals surface area contributed by atoms with Gasteiger partial charge >= 0.3 is 6.09 Å². The molecule has 1 heterocycles. The molecule has 0 aromatic carbocycles. The van der Waals surface area contributed by atoms with Crippen LogP contribution in [0, 0.1) is 5.92 Å². The highest BCUT2D eigenvalue weighted by Crippen LogP contribution is 2.16. The van der Waals surface area contributed by atoms with Crippen molar-refractivity contribution < 1.29 is 14.3 Å². The van der Waals surface area contributed by atoms with Crippen molar-refractivity contribution in [3.8, 4) is 0 Å². The maximum Gasteiger partial charge on any atom is 0.410 e. The topological polar surface area (TPSA) is 75.9 Å². The molecule has 1 saturated heterocycles. The van der Waals surface area contributed by atoms with Gasteiger partial charge in [0.1, 0.15) is 5.60 Å². The minimum atomic E-state index is -0.510. The van der Waals surface area contributed by atoms with E-state index in [2.05, 4.69) is 0 Å². The molecule has 0 radical (unpaired) electrons. The van der Waals surface area contributed by atoms with Gasteiger partial charge in [0.25, 0.3) is 0 Å². The standard InChI is InChI=1S/C15H29N3O3/c1-10(2)12(16)13(19)17-7-8-18(11(3)9-17)14(20)21-15(4,5)6/h10-12H,7-9,16H2,1-6H3/t11-,12-/m0/s1. The van der Waals surface area contributed by atoms with Gasteiger partial charge in [-0.3, -0.25) is 4.79 Å². The smallest absolute Gasteiger partial charge is 0.410 e. The van der Waals surface area contributed by atoms with Gasteiger partial charge in [-0.1, -0.05) is 13.8 Å². The Morgan fingerprint density at radius 3 is 2.24 bits per heavy atom. The molecule has 122 valence electrons. The Kier molecular flexibility index (Phi) is 5.61. The third-order valence-corrected chi connectivity index (χ3v) is 3.57. The largest absolute Gasteiger partial charge is 0.444 e.